The molecule has 6 heteroatoms. The van der Waals surface area contributed by atoms with Crippen LogP contribution in [-0.2, 0) is 9.53 Å². The van der Waals surface area contributed by atoms with Gasteiger partial charge in [-0.05, 0) is 48.4 Å². The van der Waals surface area contributed by atoms with Crippen molar-refractivity contribution in [3.05, 3.63) is 53.7 Å². The van der Waals surface area contributed by atoms with Crippen LogP contribution in [0.5, 0.6) is 0 Å². The van der Waals surface area contributed by atoms with Crippen LogP contribution in [-0.4, -0.2) is 29.7 Å². The summed E-state index contributed by atoms with van der Waals surface area (Å²) in [7, 11) is 0. The van der Waals surface area contributed by atoms with E-state index >= 15 is 0 Å². The number of carbonyl (C=O) groups excluding carboxylic acids is 2. The monoisotopic (exact) mass is 358 g/mol. The molecule has 0 saturated heterocycles. The molecule has 0 bridgehead atoms. The molecule has 1 aromatic heterocycles. The fraction of sp³-hybridized carbons (Fsp3) is 0.316. The molecular weight excluding hydrogens is 336 g/mol. The van der Waals surface area contributed by atoms with Crippen molar-refractivity contribution in [1.29, 1.82) is 0 Å². The van der Waals surface area contributed by atoms with E-state index in [1.54, 1.807) is 18.3 Å². The van der Waals surface area contributed by atoms with Gasteiger partial charge < -0.3 is 10.1 Å². The molecule has 0 aliphatic rings. The summed E-state index contributed by atoms with van der Waals surface area (Å²) in [4.78, 5) is 28.2. The first-order valence-electron chi connectivity index (χ1n) is 8.11. The van der Waals surface area contributed by atoms with E-state index in [1.165, 1.54) is 17.3 Å². The Kier molecular flexibility index (Phi) is 7.01. The molecule has 1 atom stereocenters. The summed E-state index contributed by atoms with van der Waals surface area (Å²) in [6, 6.07) is 11.0. The second-order valence-electron chi connectivity index (χ2n) is 5.62. The number of rotatable bonds is 7. The molecular formula is C19H22N2O3S. The minimum atomic E-state index is -0.556. The van der Waals surface area contributed by atoms with E-state index in [-0.39, 0.29) is 12.5 Å². The molecule has 1 heterocycles. The molecule has 132 valence electrons. The Morgan fingerprint density at radius 2 is 1.96 bits per heavy atom. The number of nitrogens with one attached hydrogen (secondary N) is 1. The Balaban J connectivity index is 1.89. The molecule has 1 aromatic carbocycles. The molecule has 0 radical (unpaired) electrons. The number of amides is 1. The zero-order chi connectivity index (χ0) is 18.2. The van der Waals surface area contributed by atoms with Gasteiger partial charge in [-0.15, -0.1) is 11.8 Å². The van der Waals surface area contributed by atoms with Crippen LogP contribution in [0.1, 0.15) is 42.1 Å². The van der Waals surface area contributed by atoms with E-state index in [1.807, 2.05) is 30.5 Å². The van der Waals surface area contributed by atoms with Crippen molar-refractivity contribution in [2.45, 2.75) is 31.2 Å². The smallest absolute Gasteiger partial charge is 0.341 e. The van der Waals surface area contributed by atoms with Crippen LogP contribution in [0.3, 0.4) is 0 Å². The van der Waals surface area contributed by atoms with Gasteiger partial charge in [-0.3, -0.25) is 4.79 Å². The minimum Gasteiger partial charge on any atom is -0.452 e. The van der Waals surface area contributed by atoms with Gasteiger partial charge in [0.25, 0.3) is 5.91 Å². The third kappa shape index (κ3) is 5.32. The van der Waals surface area contributed by atoms with Gasteiger partial charge >= 0.3 is 5.97 Å². The number of aromatic nitrogens is 1. The number of hydrogen-bond acceptors (Lipinski definition) is 5. The zero-order valence-corrected chi connectivity index (χ0v) is 15.4. The maximum Gasteiger partial charge on any atom is 0.341 e. The standard InChI is InChI=1S/C19H22N2O3S/c1-4-13(2)14-7-9-15(10-8-14)21-17(22)12-24-19(23)16-6-5-11-20-18(16)25-3/h5-11,13H,4,12H2,1-3H3,(H,21,22)/t13-/m0/s1. The fourth-order valence-electron chi connectivity index (χ4n) is 2.25. The van der Waals surface area contributed by atoms with Gasteiger partial charge in [0.2, 0.25) is 0 Å². The van der Waals surface area contributed by atoms with E-state index in [0.717, 1.165) is 6.42 Å². The Hall–Kier alpha value is -2.34. The van der Waals surface area contributed by atoms with Crippen molar-refractivity contribution >= 4 is 29.3 Å². The summed E-state index contributed by atoms with van der Waals surface area (Å²) in [6.45, 7) is 3.96. The highest BCUT2D eigenvalue weighted by Crippen LogP contribution is 2.20. The highest BCUT2D eigenvalue weighted by molar-refractivity contribution is 7.98. The van der Waals surface area contributed by atoms with E-state index < -0.39 is 5.97 Å². The summed E-state index contributed by atoms with van der Waals surface area (Å²) in [5.41, 5.74) is 2.27. The van der Waals surface area contributed by atoms with Gasteiger partial charge in [-0.1, -0.05) is 26.0 Å². The van der Waals surface area contributed by atoms with Gasteiger partial charge in [0.05, 0.1) is 5.56 Å². The molecule has 0 unspecified atom stereocenters. The van der Waals surface area contributed by atoms with Crippen LogP contribution >= 0.6 is 11.8 Å². The van der Waals surface area contributed by atoms with Gasteiger partial charge in [-0.25, -0.2) is 9.78 Å². The highest BCUT2D eigenvalue weighted by atomic mass is 32.2. The molecule has 2 aromatic rings. The van der Waals surface area contributed by atoms with Crippen molar-refractivity contribution in [1.82, 2.24) is 4.98 Å². The zero-order valence-electron chi connectivity index (χ0n) is 14.6. The van der Waals surface area contributed by atoms with Crippen molar-refractivity contribution in [2.24, 2.45) is 0 Å². The topological polar surface area (TPSA) is 68.3 Å². The highest BCUT2D eigenvalue weighted by Gasteiger charge is 2.15. The average Bonchev–Trinajstić information content (AvgIpc) is 2.66. The largest absolute Gasteiger partial charge is 0.452 e. The van der Waals surface area contributed by atoms with E-state index in [9.17, 15) is 9.59 Å². The normalized spacial score (nSPS) is 11.6. The first kappa shape index (κ1) is 19.0. The van der Waals surface area contributed by atoms with Crippen LogP contribution < -0.4 is 5.32 Å². The van der Waals surface area contributed by atoms with Crippen LogP contribution in [0, 0.1) is 0 Å². The van der Waals surface area contributed by atoms with Crippen molar-refractivity contribution in [3.8, 4) is 0 Å². The van der Waals surface area contributed by atoms with Crippen LogP contribution in [0.2, 0.25) is 0 Å². The third-order valence-electron chi connectivity index (χ3n) is 3.89. The number of anilines is 1. The third-order valence-corrected chi connectivity index (χ3v) is 4.61. The Bertz CT molecular complexity index is 732. The summed E-state index contributed by atoms with van der Waals surface area (Å²) in [5.74, 6) is -0.449. The number of hydrogen-bond donors (Lipinski definition) is 1. The summed E-state index contributed by atoms with van der Waals surface area (Å²) in [6.07, 6.45) is 4.50. The number of esters is 1. The SMILES string of the molecule is CC[C@H](C)c1ccc(NC(=O)COC(=O)c2cccnc2SC)cc1. The Morgan fingerprint density at radius 3 is 2.60 bits per heavy atom. The molecule has 5 nitrogen and oxygen atoms in total. The second-order valence-corrected chi connectivity index (χ2v) is 6.41. The minimum absolute atomic E-state index is 0.339. The van der Waals surface area contributed by atoms with Crippen LogP contribution in [0.25, 0.3) is 0 Å². The average molecular weight is 358 g/mol. The van der Waals surface area contributed by atoms with Crippen LogP contribution in [0.4, 0.5) is 5.69 Å². The number of pyridine rings is 1. The van der Waals surface area contributed by atoms with E-state index in [4.69, 9.17) is 4.74 Å². The van der Waals surface area contributed by atoms with Crippen molar-refractivity contribution < 1.29 is 14.3 Å². The first-order chi connectivity index (χ1) is 12.0. The second kappa shape index (κ2) is 9.22. The quantitative estimate of drug-likeness (QED) is 0.596. The molecule has 0 saturated carbocycles. The van der Waals surface area contributed by atoms with Gasteiger partial charge in [0, 0.05) is 11.9 Å². The molecule has 25 heavy (non-hydrogen) atoms. The molecule has 0 fully saturated rings. The lowest BCUT2D eigenvalue weighted by molar-refractivity contribution is -0.119. The van der Waals surface area contributed by atoms with Crippen LogP contribution in [0.15, 0.2) is 47.6 Å². The molecule has 0 aliphatic heterocycles. The first-order valence-corrected chi connectivity index (χ1v) is 9.33. The molecule has 2 rings (SSSR count). The summed E-state index contributed by atoms with van der Waals surface area (Å²) < 4.78 is 5.08. The lowest BCUT2D eigenvalue weighted by Crippen LogP contribution is -2.21. The van der Waals surface area contributed by atoms with Crippen molar-refractivity contribution in [3.63, 3.8) is 0 Å². The van der Waals surface area contributed by atoms with Gasteiger partial charge in [-0.2, -0.15) is 0 Å². The molecule has 1 amide bonds. The summed E-state index contributed by atoms with van der Waals surface area (Å²) in [5, 5.41) is 3.30. The molecule has 1 N–H and O–H groups in total. The Labute approximate surface area is 152 Å². The predicted octanol–water partition coefficient (Wildman–Crippen LogP) is 4.11. The number of ether oxygens (including phenoxy) is 1. The lowest BCUT2D eigenvalue weighted by Gasteiger charge is -2.11. The maximum absolute atomic E-state index is 12.1. The predicted molar refractivity (Wildman–Crippen MR) is 100 cm³/mol. The number of carbonyl (C=O) groups is 2. The van der Waals surface area contributed by atoms with Gasteiger partial charge in [0.1, 0.15) is 5.03 Å². The Morgan fingerprint density at radius 1 is 1.24 bits per heavy atom. The maximum atomic E-state index is 12.1. The van der Waals surface area contributed by atoms with Gasteiger partial charge in [0.15, 0.2) is 6.61 Å². The number of thioether (sulfide) groups is 1. The number of benzene rings is 1. The molecule has 0 aliphatic carbocycles. The lowest BCUT2D eigenvalue weighted by atomic mass is 9.99. The summed E-state index contributed by atoms with van der Waals surface area (Å²) >= 11 is 1.35. The fourth-order valence-corrected chi connectivity index (χ4v) is 2.78. The van der Waals surface area contributed by atoms with E-state index in [2.05, 4.69) is 24.1 Å². The van der Waals surface area contributed by atoms with Crippen molar-refractivity contribution in [2.75, 3.05) is 18.2 Å². The van der Waals surface area contributed by atoms with E-state index in [0.29, 0.717) is 22.2 Å². The number of nitrogens with zero attached hydrogens (tertiary/aromatic N) is 1. The molecule has 0 spiro atoms.